The summed E-state index contributed by atoms with van der Waals surface area (Å²) in [5.74, 6) is -1.84. The smallest absolute Gasteiger partial charge is 0.329 e. The molecular formula is C24H29NO6. The molecule has 3 atom stereocenters. The number of nitrogens with zero attached hydrogens (tertiary/aromatic N) is 1. The zero-order valence-electron chi connectivity index (χ0n) is 18.2. The minimum Gasteiger partial charge on any atom is -0.494 e. The van der Waals surface area contributed by atoms with Gasteiger partial charge in [-0.2, -0.15) is 0 Å². The lowest BCUT2D eigenvalue weighted by molar-refractivity contribution is -0.158. The van der Waals surface area contributed by atoms with E-state index in [0.717, 1.165) is 4.90 Å². The lowest BCUT2D eigenvalue weighted by atomic mass is 9.85. The molecule has 7 nitrogen and oxygen atoms in total. The number of esters is 1. The van der Waals surface area contributed by atoms with Crippen molar-refractivity contribution in [3.8, 4) is 5.75 Å². The number of benzene rings is 1. The van der Waals surface area contributed by atoms with Crippen LogP contribution < -0.4 is 4.74 Å². The molecule has 1 aromatic rings. The second-order valence-corrected chi connectivity index (χ2v) is 8.34. The molecule has 166 valence electrons. The van der Waals surface area contributed by atoms with Crippen molar-refractivity contribution in [2.24, 2.45) is 17.8 Å². The van der Waals surface area contributed by atoms with Crippen molar-refractivity contribution in [3.05, 3.63) is 42.0 Å². The number of carbonyl (C=O) groups excluding carboxylic acids is 4. The molecule has 7 heteroatoms. The molecule has 2 aliphatic rings. The topological polar surface area (TPSA) is 90.0 Å². The summed E-state index contributed by atoms with van der Waals surface area (Å²) >= 11 is 0. The van der Waals surface area contributed by atoms with Crippen molar-refractivity contribution in [2.75, 3.05) is 13.2 Å². The van der Waals surface area contributed by atoms with E-state index in [9.17, 15) is 19.2 Å². The van der Waals surface area contributed by atoms with Crippen LogP contribution in [0.3, 0.4) is 0 Å². The van der Waals surface area contributed by atoms with Crippen molar-refractivity contribution < 1.29 is 28.7 Å². The molecule has 1 saturated heterocycles. The molecule has 1 aliphatic carbocycles. The standard InChI is InChI=1S/C24H29NO6/c1-4-30-17-11-9-16(10-12-17)21(26)14-31-24(29)20(13-15(2)3)25-22(27)18-7-5-6-8-19(18)23(25)28/h5-6,9-12,15,18-20H,4,7-8,13-14H2,1-3H3. The Morgan fingerprint density at radius 3 is 2.13 bits per heavy atom. The number of ether oxygens (including phenoxy) is 2. The first kappa shape index (κ1) is 22.7. The van der Waals surface area contributed by atoms with E-state index in [1.807, 2.05) is 32.9 Å². The van der Waals surface area contributed by atoms with E-state index in [1.165, 1.54) is 0 Å². The summed E-state index contributed by atoms with van der Waals surface area (Å²) in [6.45, 7) is 5.75. The molecule has 0 radical (unpaired) electrons. The van der Waals surface area contributed by atoms with Crippen molar-refractivity contribution in [1.29, 1.82) is 0 Å². The molecule has 0 bridgehead atoms. The lowest BCUT2D eigenvalue weighted by Crippen LogP contribution is -2.47. The Balaban J connectivity index is 1.68. The normalized spacial score (nSPS) is 21.2. The highest BCUT2D eigenvalue weighted by molar-refractivity contribution is 6.08. The maximum atomic E-state index is 12.9. The zero-order valence-corrected chi connectivity index (χ0v) is 18.2. The largest absolute Gasteiger partial charge is 0.494 e. The first-order valence-electron chi connectivity index (χ1n) is 10.8. The van der Waals surface area contributed by atoms with Gasteiger partial charge in [0.15, 0.2) is 12.4 Å². The van der Waals surface area contributed by atoms with Gasteiger partial charge in [0.05, 0.1) is 18.4 Å². The van der Waals surface area contributed by atoms with E-state index in [2.05, 4.69) is 0 Å². The number of hydrogen-bond donors (Lipinski definition) is 0. The fraction of sp³-hybridized carbons (Fsp3) is 0.500. The van der Waals surface area contributed by atoms with Gasteiger partial charge in [-0.25, -0.2) is 4.79 Å². The monoisotopic (exact) mass is 427 g/mol. The number of carbonyl (C=O) groups is 4. The van der Waals surface area contributed by atoms with Crippen LogP contribution in [0.15, 0.2) is 36.4 Å². The van der Waals surface area contributed by atoms with Gasteiger partial charge in [-0.15, -0.1) is 0 Å². The van der Waals surface area contributed by atoms with Gasteiger partial charge in [0.2, 0.25) is 11.8 Å². The Labute approximate surface area is 182 Å². The van der Waals surface area contributed by atoms with Crippen LogP contribution in [-0.4, -0.2) is 47.7 Å². The molecule has 2 amide bonds. The maximum absolute atomic E-state index is 12.9. The average molecular weight is 427 g/mol. The summed E-state index contributed by atoms with van der Waals surface area (Å²) in [6, 6.07) is 5.56. The van der Waals surface area contributed by atoms with Gasteiger partial charge in [0.25, 0.3) is 0 Å². The third kappa shape index (κ3) is 5.03. The Bertz CT molecular complexity index is 847. The van der Waals surface area contributed by atoms with Crippen LogP contribution in [0.4, 0.5) is 0 Å². The number of Topliss-reactive ketones (excluding diaryl/α,β-unsaturated/α-hetero) is 1. The minimum atomic E-state index is -1.02. The molecule has 1 heterocycles. The van der Waals surface area contributed by atoms with E-state index in [-0.39, 0.29) is 23.5 Å². The van der Waals surface area contributed by atoms with Crippen LogP contribution in [-0.2, 0) is 19.1 Å². The van der Waals surface area contributed by atoms with Gasteiger partial charge in [-0.05, 0) is 56.4 Å². The zero-order chi connectivity index (χ0) is 22.5. The summed E-state index contributed by atoms with van der Waals surface area (Å²) in [5.41, 5.74) is 0.391. The Hall–Kier alpha value is -2.96. The number of ketones is 1. The van der Waals surface area contributed by atoms with Crippen LogP contribution in [0, 0.1) is 17.8 Å². The summed E-state index contributed by atoms with van der Waals surface area (Å²) < 4.78 is 10.6. The van der Waals surface area contributed by atoms with E-state index in [1.54, 1.807) is 24.3 Å². The number of amides is 2. The fourth-order valence-electron chi connectivity index (χ4n) is 4.11. The second kappa shape index (κ2) is 9.90. The van der Waals surface area contributed by atoms with Crippen molar-refractivity contribution in [3.63, 3.8) is 0 Å². The number of allylic oxidation sites excluding steroid dienone is 2. The van der Waals surface area contributed by atoms with Gasteiger partial charge in [0.1, 0.15) is 11.8 Å². The molecule has 0 N–H and O–H groups in total. The van der Waals surface area contributed by atoms with Gasteiger partial charge in [-0.1, -0.05) is 26.0 Å². The van der Waals surface area contributed by atoms with Crippen LogP contribution in [0.5, 0.6) is 5.75 Å². The molecule has 0 spiro atoms. The second-order valence-electron chi connectivity index (χ2n) is 8.34. The number of fused-ring (bicyclic) bond motifs is 1. The van der Waals surface area contributed by atoms with E-state index >= 15 is 0 Å². The van der Waals surface area contributed by atoms with Gasteiger partial charge in [0, 0.05) is 5.56 Å². The van der Waals surface area contributed by atoms with Gasteiger partial charge < -0.3 is 9.47 Å². The Morgan fingerprint density at radius 1 is 1.03 bits per heavy atom. The molecule has 0 aromatic heterocycles. The van der Waals surface area contributed by atoms with E-state index in [4.69, 9.17) is 9.47 Å². The highest BCUT2D eigenvalue weighted by Crippen LogP contribution is 2.37. The first-order valence-corrected chi connectivity index (χ1v) is 10.8. The third-order valence-electron chi connectivity index (χ3n) is 5.65. The Kier molecular flexibility index (Phi) is 7.25. The highest BCUT2D eigenvalue weighted by Gasteiger charge is 2.51. The number of rotatable bonds is 9. The fourth-order valence-corrected chi connectivity index (χ4v) is 4.11. The van der Waals surface area contributed by atoms with Crippen molar-refractivity contribution in [1.82, 2.24) is 4.90 Å². The van der Waals surface area contributed by atoms with E-state index < -0.39 is 30.5 Å². The SMILES string of the molecule is CCOc1ccc(C(=O)COC(=O)C(CC(C)C)N2C(=O)C3CC=CCC3C2=O)cc1. The van der Waals surface area contributed by atoms with Crippen LogP contribution in [0.25, 0.3) is 0 Å². The van der Waals surface area contributed by atoms with Crippen LogP contribution in [0.2, 0.25) is 0 Å². The summed E-state index contributed by atoms with van der Waals surface area (Å²) in [6.07, 6.45) is 5.11. The predicted molar refractivity (Wildman–Crippen MR) is 113 cm³/mol. The lowest BCUT2D eigenvalue weighted by Gasteiger charge is -2.26. The Morgan fingerprint density at radius 2 is 1.61 bits per heavy atom. The minimum absolute atomic E-state index is 0.0562. The maximum Gasteiger partial charge on any atom is 0.329 e. The van der Waals surface area contributed by atoms with Gasteiger partial charge >= 0.3 is 5.97 Å². The number of imide groups is 1. The molecular weight excluding hydrogens is 398 g/mol. The molecule has 3 rings (SSSR count). The molecule has 31 heavy (non-hydrogen) atoms. The summed E-state index contributed by atoms with van der Waals surface area (Å²) in [5, 5.41) is 0. The van der Waals surface area contributed by atoms with E-state index in [0.29, 0.717) is 37.2 Å². The van der Waals surface area contributed by atoms with Crippen molar-refractivity contribution >= 4 is 23.6 Å². The number of likely N-dealkylation sites (tertiary alicyclic amines) is 1. The summed E-state index contributed by atoms with van der Waals surface area (Å²) in [4.78, 5) is 52.2. The molecule has 3 unspecified atom stereocenters. The quantitative estimate of drug-likeness (QED) is 0.260. The molecule has 1 aliphatic heterocycles. The molecule has 0 saturated carbocycles. The van der Waals surface area contributed by atoms with Crippen LogP contribution >= 0.6 is 0 Å². The van der Waals surface area contributed by atoms with Crippen LogP contribution in [0.1, 0.15) is 50.4 Å². The average Bonchev–Trinajstić information content (AvgIpc) is 3.01. The third-order valence-corrected chi connectivity index (χ3v) is 5.65. The van der Waals surface area contributed by atoms with Crippen molar-refractivity contribution in [2.45, 2.75) is 46.1 Å². The molecule has 1 fully saturated rings. The predicted octanol–water partition coefficient (Wildman–Crippen LogP) is 3.18. The molecule has 1 aromatic carbocycles. The summed E-state index contributed by atoms with van der Waals surface area (Å²) in [7, 11) is 0. The van der Waals surface area contributed by atoms with Gasteiger partial charge in [-0.3, -0.25) is 19.3 Å². The number of hydrogen-bond acceptors (Lipinski definition) is 6. The first-order chi connectivity index (χ1) is 14.8. The highest BCUT2D eigenvalue weighted by atomic mass is 16.5.